The zero-order chi connectivity index (χ0) is 14.1. The molecule has 0 saturated heterocycles. The van der Waals surface area contributed by atoms with E-state index >= 15 is 0 Å². The summed E-state index contributed by atoms with van der Waals surface area (Å²) in [7, 11) is 0. The summed E-state index contributed by atoms with van der Waals surface area (Å²) < 4.78 is 0.716. The Balaban J connectivity index is 2.03. The van der Waals surface area contributed by atoms with Gasteiger partial charge in [-0.15, -0.1) is 0 Å². The summed E-state index contributed by atoms with van der Waals surface area (Å²) in [4.78, 5) is 24.2. The number of allylic oxidation sites excluding steroid dienone is 1. The van der Waals surface area contributed by atoms with E-state index in [1.807, 2.05) is 30.3 Å². The lowest BCUT2D eigenvalue weighted by Gasteiger charge is -2.00. The number of hydrogen-bond acceptors (Lipinski definition) is 2. The van der Waals surface area contributed by atoms with Gasteiger partial charge in [0.1, 0.15) is 0 Å². The number of para-hydroxylation sites is 1. The van der Waals surface area contributed by atoms with Crippen molar-refractivity contribution < 1.29 is 9.59 Å². The Bertz CT molecular complexity index is 750. The van der Waals surface area contributed by atoms with Gasteiger partial charge in [-0.05, 0) is 24.3 Å². The van der Waals surface area contributed by atoms with Crippen molar-refractivity contribution in [2.75, 3.05) is 5.32 Å². The molecule has 2 aromatic carbocycles. The van der Waals surface area contributed by atoms with Crippen LogP contribution in [-0.4, -0.2) is 11.7 Å². The molecule has 0 spiro atoms. The van der Waals surface area contributed by atoms with E-state index in [2.05, 4.69) is 21.2 Å². The number of nitrogens with one attached hydrogen (secondary N) is 1. The van der Waals surface area contributed by atoms with Crippen LogP contribution in [0.4, 0.5) is 5.69 Å². The molecular weight excluding hydrogens is 318 g/mol. The number of ketones is 1. The Kier molecular flexibility index (Phi) is 3.24. The minimum absolute atomic E-state index is 0.195. The number of anilines is 1. The predicted molar refractivity (Wildman–Crippen MR) is 81.5 cm³/mol. The molecule has 0 bridgehead atoms. The molecule has 0 radical (unpaired) electrons. The first kappa shape index (κ1) is 12.8. The molecule has 1 aliphatic heterocycles. The van der Waals surface area contributed by atoms with Crippen LogP contribution in [-0.2, 0) is 4.79 Å². The molecule has 0 aromatic heterocycles. The number of fused-ring (bicyclic) bond motifs is 1. The quantitative estimate of drug-likeness (QED) is 0.675. The highest BCUT2D eigenvalue weighted by Gasteiger charge is 2.24. The largest absolute Gasteiger partial charge is 0.321 e. The maximum absolute atomic E-state index is 12.3. The van der Waals surface area contributed by atoms with Crippen molar-refractivity contribution in [2.45, 2.75) is 0 Å². The van der Waals surface area contributed by atoms with E-state index < -0.39 is 0 Å². The second-order valence-corrected chi connectivity index (χ2v) is 5.26. The summed E-state index contributed by atoms with van der Waals surface area (Å²) in [6.45, 7) is 0. The summed E-state index contributed by atoms with van der Waals surface area (Å²) in [5.74, 6) is -0.439. The third kappa shape index (κ3) is 2.18. The van der Waals surface area contributed by atoms with E-state index in [1.165, 1.54) is 6.08 Å². The molecule has 0 atom stereocenters. The summed E-state index contributed by atoms with van der Waals surface area (Å²) in [6, 6.07) is 14.5. The molecule has 98 valence electrons. The van der Waals surface area contributed by atoms with Crippen LogP contribution >= 0.6 is 15.9 Å². The summed E-state index contributed by atoms with van der Waals surface area (Å²) in [5.41, 5.74) is 2.44. The fourth-order valence-corrected chi connectivity index (χ4v) is 2.63. The van der Waals surface area contributed by atoms with E-state index in [1.54, 1.807) is 18.2 Å². The number of hydrogen-bond donors (Lipinski definition) is 1. The smallest absolute Gasteiger partial charge is 0.256 e. The molecule has 20 heavy (non-hydrogen) atoms. The number of amides is 1. The zero-order valence-corrected chi connectivity index (χ0v) is 12.0. The first-order chi connectivity index (χ1) is 9.66. The SMILES string of the molecule is O=C1Nc2ccccc2/C1=C\C(=O)c1ccccc1Br. The van der Waals surface area contributed by atoms with Gasteiger partial charge in [0.05, 0.1) is 5.57 Å². The number of carbonyl (C=O) groups excluding carboxylic acids is 2. The van der Waals surface area contributed by atoms with Gasteiger partial charge in [0, 0.05) is 21.3 Å². The van der Waals surface area contributed by atoms with Crippen molar-refractivity contribution in [3.8, 4) is 0 Å². The van der Waals surface area contributed by atoms with Crippen LogP contribution in [0.2, 0.25) is 0 Å². The van der Waals surface area contributed by atoms with Gasteiger partial charge in [0.2, 0.25) is 0 Å². The fraction of sp³-hybridized carbons (Fsp3) is 0. The Morgan fingerprint density at radius 1 is 1.05 bits per heavy atom. The van der Waals surface area contributed by atoms with Gasteiger partial charge in [0.25, 0.3) is 5.91 Å². The van der Waals surface area contributed by atoms with Gasteiger partial charge in [-0.1, -0.05) is 46.3 Å². The molecule has 4 heteroatoms. The van der Waals surface area contributed by atoms with Gasteiger partial charge >= 0.3 is 0 Å². The lowest BCUT2D eigenvalue weighted by Crippen LogP contribution is -2.06. The minimum Gasteiger partial charge on any atom is -0.321 e. The highest BCUT2D eigenvalue weighted by Crippen LogP contribution is 2.31. The maximum Gasteiger partial charge on any atom is 0.256 e. The van der Waals surface area contributed by atoms with Crippen LogP contribution in [0.3, 0.4) is 0 Å². The van der Waals surface area contributed by atoms with Gasteiger partial charge in [-0.25, -0.2) is 0 Å². The van der Waals surface area contributed by atoms with Crippen molar-refractivity contribution in [2.24, 2.45) is 0 Å². The van der Waals surface area contributed by atoms with Crippen LogP contribution in [0.1, 0.15) is 15.9 Å². The third-order valence-electron chi connectivity index (χ3n) is 3.12. The van der Waals surface area contributed by atoms with Gasteiger partial charge in [0.15, 0.2) is 5.78 Å². The minimum atomic E-state index is -0.244. The number of benzene rings is 2. The lowest BCUT2D eigenvalue weighted by molar-refractivity contribution is -0.110. The molecule has 0 saturated carbocycles. The van der Waals surface area contributed by atoms with Gasteiger partial charge < -0.3 is 5.32 Å². The maximum atomic E-state index is 12.3. The van der Waals surface area contributed by atoms with Crippen molar-refractivity contribution in [3.05, 3.63) is 70.2 Å². The molecular formula is C16H10BrNO2. The molecule has 3 nitrogen and oxygen atoms in total. The molecule has 0 unspecified atom stereocenters. The fourth-order valence-electron chi connectivity index (χ4n) is 2.15. The Labute approximate surface area is 124 Å². The Morgan fingerprint density at radius 2 is 1.75 bits per heavy atom. The molecule has 1 N–H and O–H groups in total. The topological polar surface area (TPSA) is 46.2 Å². The van der Waals surface area contributed by atoms with Gasteiger partial charge in [-0.3, -0.25) is 9.59 Å². The Morgan fingerprint density at radius 3 is 2.55 bits per heavy atom. The van der Waals surface area contributed by atoms with E-state index in [0.29, 0.717) is 15.6 Å². The van der Waals surface area contributed by atoms with Crippen molar-refractivity contribution in [1.29, 1.82) is 0 Å². The highest BCUT2D eigenvalue weighted by atomic mass is 79.9. The summed E-state index contributed by atoms with van der Waals surface area (Å²) in [6.07, 6.45) is 1.39. The van der Waals surface area contributed by atoms with Crippen LogP contribution in [0.25, 0.3) is 5.57 Å². The monoisotopic (exact) mass is 327 g/mol. The second-order valence-electron chi connectivity index (χ2n) is 4.40. The highest BCUT2D eigenvalue weighted by molar-refractivity contribution is 9.10. The van der Waals surface area contributed by atoms with E-state index in [9.17, 15) is 9.59 Å². The number of carbonyl (C=O) groups is 2. The van der Waals surface area contributed by atoms with Crippen LogP contribution in [0.5, 0.6) is 0 Å². The standard InChI is InChI=1S/C16H10BrNO2/c17-13-7-3-1-6-11(13)15(19)9-12-10-5-2-4-8-14(10)18-16(12)20/h1-9H,(H,18,20)/b12-9+. The summed E-state index contributed by atoms with van der Waals surface area (Å²) in [5, 5.41) is 2.75. The van der Waals surface area contributed by atoms with Crippen molar-refractivity contribution in [3.63, 3.8) is 0 Å². The number of halogens is 1. The molecule has 0 fully saturated rings. The average Bonchev–Trinajstić information content (AvgIpc) is 2.76. The molecule has 3 rings (SSSR count). The normalized spacial score (nSPS) is 15.1. The lowest BCUT2D eigenvalue weighted by atomic mass is 10.0. The van der Waals surface area contributed by atoms with E-state index in [4.69, 9.17) is 0 Å². The molecule has 2 aromatic rings. The first-order valence-electron chi connectivity index (χ1n) is 6.08. The zero-order valence-electron chi connectivity index (χ0n) is 10.4. The summed E-state index contributed by atoms with van der Waals surface area (Å²) >= 11 is 3.34. The van der Waals surface area contributed by atoms with Gasteiger partial charge in [-0.2, -0.15) is 0 Å². The Hall–Kier alpha value is -2.20. The molecule has 1 amide bonds. The van der Waals surface area contributed by atoms with Crippen molar-refractivity contribution >= 4 is 38.9 Å². The van der Waals surface area contributed by atoms with Crippen molar-refractivity contribution in [1.82, 2.24) is 0 Å². The van der Waals surface area contributed by atoms with Crippen LogP contribution in [0, 0.1) is 0 Å². The van der Waals surface area contributed by atoms with E-state index in [0.717, 1.165) is 11.3 Å². The third-order valence-corrected chi connectivity index (χ3v) is 3.82. The predicted octanol–water partition coefficient (Wildman–Crippen LogP) is 3.67. The average molecular weight is 328 g/mol. The second kappa shape index (κ2) is 5.06. The first-order valence-corrected chi connectivity index (χ1v) is 6.87. The molecule has 0 aliphatic carbocycles. The van der Waals surface area contributed by atoms with Crippen LogP contribution in [0.15, 0.2) is 59.1 Å². The van der Waals surface area contributed by atoms with E-state index in [-0.39, 0.29) is 11.7 Å². The number of rotatable bonds is 2. The molecule has 1 heterocycles. The molecule has 1 aliphatic rings. The van der Waals surface area contributed by atoms with Crippen LogP contribution < -0.4 is 5.32 Å².